The Bertz CT molecular complexity index is 912. The van der Waals surface area contributed by atoms with Crippen LogP contribution in [0, 0.1) is 11.8 Å². The molecular formula is C29H47N3O4. The minimum absolute atomic E-state index is 0.0748. The van der Waals surface area contributed by atoms with E-state index in [1.54, 1.807) is 25.7 Å². The summed E-state index contributed by atoms with van der Waals surface area (Å²) in [5.74, 6) is -0.0506. The smallest absolute Gasteiger partial charge is 0.408 e. The van der Waals surface area contributed by atoms with E-state index in [0.717, 1.165) is 24.0 Å². The number of alkyl carbamates (subject to hydrolysis) is 1. The number of carbonyl (C=O) groups is 3. The normalized spacial score (nSPS) is 19.3. The molecule has 0 spiro atoms. The molecule has 7 heteroatoms. The van der Waals surface area contributed by atoms with Crippen LogP contribution < -0.4 is 10.6 Å². The highest BCUT2D eigenvalue weighted by atomic mass is 16.6. The zero-order valence-corrected chi connectivity index (χ0v) is 23.9. The third-order valence-electron chi connectivity index (χ3n) is 6.10. The fourth-order valence-corrected chi connectivity index (χ4v) is 4.31. The minimum atomic E-state index is -0.799. The molecule has 2 rings (SSSR count). The van der Waals surface area contributed by atoms with Gasteiger partial charge >= 0.3 is 6.09 Å². The van der Waals surface area contributed by atoms with Crippen molar-refractivity contribution in [1.82, 2.24) is 15.5 Å². The molecule has 3 amide bonds. The monoisotopic (exact) mass is 501 g/mol. The molecule has 0 bridgehead atoms. The van der Waals surface area contributed by atoms with Crippen molar-refractivity contribution in [3.05, 3.63) is 35.4 Å². The van der Waals surface area contributed by atoms with Crippen LogP contribution in [-0.4, -0.2) is 46.0 Å². The zero-order valence-electron chi connectivity index (χ0n) is 23.9. The maximum atomic E-state index is 14.2. The van der Waals surface area contributed by atoms with E-state index in [1.165, 1.54) is 0 Å². The molecule has 0 heterocycles. The molecule has 36 heavy (non-hydrogen) atoms. The maximum Gasteiger partial charge on any atom is 0.408 e. The first kappa shape index (κ1) is 29.7. The van der Waals surface area contributed by atoms with Crippen molar-refractivity contribution in [1.29, 1.82) is 0 Å². The first-order valence-electron chi connectivity index (χ1n) is 13.2. The van der Waals surface area contributed by atoms with Crippen molar-refractivity contribution < 1.29 is 19.1 Å². The molecule has 1 aliphatic rings. The molecule has 4 unspecified atom stereocenters. The molecule has 0 radical (unpaired) electrons. The Hall–Kier alpha value is -2.57. The Labute approximate surface area is 217 Å². The van der Waals surface area contributed by atoms with Crippen molar-refractivity contribution >= 4 is 17.9 Å². The topological polar surface area (TPSA) is 87.7 Å². The molecule has 1 aliphatic carbocycles. The van der Waals surface area contributed by atoms with Gasteiger partial charge in [0.05, 0.1) is 0 Å². The number of hydrogen-bond acceptors (Lipinski definition) is 4. The van der Waals surface area contributed by atoms with Crippen LogP contribution in [0.25, 0.3) is 0 Å². The first-order valence-corrected chi connectivity index (χ1v) is 13.2. The number of rotatable bonds is 9. The van der Waals surface area contributed by atoms with Crippen LogP contribution in [0.2, 0.25) is 0 Å². The lowest BCUT2D eigenvalue weighted by atomic mass is 9.97. The summed E-state index contributed by atoms with van der Waals surface area (Å²) in [6.07, 6.45) is 1.52. The van der Waals surface area contributed by atoms with E-state index >= 15 is 0 Å². The first-order chi connectivity index (χ1) is 16.5. The number of aryl methyl sites for hydroxylation is 1. The highest BCUT2D eigenvalue weighted by Gasteiger charge is 2.48. The highest BCUT2D eigenvalue weighted by Crippen LogP contribution is 2.41. The number of amides is 3. The fourth-order valence-electron chi connectivity index (χ4n) is 4.31. The summed E-state index contributed by atoms with van der Waals surface area (Å²) in [4.78, 5) is 42.3. The summed E-state index contributed by atoms with van der Waals surface area (Å²) >= 11 is 0. The number of carbonyl (C=O) groups excluding carboxylic acids is 3. The molecular weight excluding hydrogens is 454 g/mol. The summed E-state index contributed by atoms with van der Waals surface area (Å²) in [5.41, 5.74) is 0.781. The average molecular weight is 502 g/mol. The van der Waals surface area contributed by atoms with Crippen LogP contribution >= 0.6 is 0 Å². The summed E-state index contributed by atoms with van der Waals surface area (Å²) in [6.45, 7) is 19.3. The van der Waals surface area contributed by atoms with Gasteiger partial charge in [0.15, 0.2) is 0 Å². The van der Waals surface area contributed by atoms with Gasteiger partial charge in [0.2, 0.25) is 11.8 Å². The van der Waals surface area contributed by atoms with Crippen LogP contribution in [-0.2, 0) is 20.7 Å². The third kappa shape index (κ3) is 8.82. The number of hydrogen-bond donors (Lipinski definition) is 2. The molecule has 1 saturated carbocycles. The summed E-state index contributed by atoms with van der Waals surface area (Å²) in [7, 11) is 0. The predicted octanol–water partition coefficient (Wildman–Crippen LogP) is 5.38. The Morgan fingerprint density at radius 1 is 1.06 bits per heavy atom. The molecule has 1 fully saturated rings. The molecule has 0 saturated heterocycles. The second kappa shape index (κ2) is 11.7. The van der Waals surface area contributed by atoms with Gasteiger partial charge in [-0.2, -0.15) is 0 Å². The number of benzene rings is 1. The van der Waals surface area contributed by atoms with E-state index in [1.807, 2.05) is 58.9 Å². The molecule has 1 aromatic rings. The highest BCUT2D eigenvalue weighted by molar-refractivity contribution is 5.92. The van der Waals surface area contributed by atoms with Crippen LogP contribution in [0.3, 0.4) is 0 Å². The molecule has 1 aromatic carbocycles. The largest absolute Gasteiger partial charge is 0.444 e. The Balaban J connectivity index is 2.51. The van der Waals surface area contributed by atoms with Crippen LogP contribution in [0.5, 0.6) is 0 Å². The van der Waals surface area contributed by atoms with E-state index in [2.05, 4.69) is 24.5 Å². The van der Waals surface area contributed by atoms with Gasteiger partial charge in [0.25, 0.3) is 0 Å². The van der Waals surface area contributed by atoms with Crippen molar-refractivity contribution in [2.24, 2.45) is 11.8 Å². The fraction of sp³-hybridized carbons (Fsp3) is 0.690. The summed E-state index contributed by atoms with van der Waals surface area (Å²) < 4.78 is 5.46. The SMILES string of the molecule is CCc1ccc(C(C(=O)NC(C)(C)C)N(C(=O)C(CC(C)C)NC(=O)OC(C)(C)C)C2CC2C)cc1. The molecule has 7 nitrogen and oxygen atoms in total. The van der Waals surface area contributed by atoms with Gasteiger partial charge in [-0.05, 0) is 83.8 Å². The Kier molecular flexibility index (Phi) is 9.60. The van der Waals surface area contributed by atoms with E-state index < -0.39 is 29.3 Å². The maximum absolute atomic E-state index is 14.2. The number of nitrogens with zero attached hydrogens (tertiary/aromatic N) is 1. The van der Waals surface area contributed by atoms with E-state index in [4.69, 9.17) is 4.74 Å². The van der Waals surface area contributed by atoms with E-state index in [-0.39, 0.29) is 29.7 Å². The Morgan fingerprint density at radius 3 is 2.03 bits per heavy atom. The van der Waals surface area contributed by atoms with Crippen molar-refractivity contribution in [2.75, 3.05) is 0 Å². The standard InChI is InChI=1S/C29H47N3O4/c1-11-20-12-14-21(15-13-20)24(25(33)31-28(5,6)7)32(23-17-19(23)4)26(34)22(16-18(2)3)30-27(35)36-29(8,9)10/h12-15,18-19,22-24H,11,16-17H2,1-10H3,(H,30,35)(H,31,33). The zero-order chi connectivity index (χ0) is 27.4. The minimum Gasteiger partial charge on any atom is -0.444 e. The molecule has 4 atom stereocenters. The lowest BCUT2D eigenvalue weighted by Gasteiger charge is -2.37. The van der Waals surface area contributed by atoms with E-state index in [9.17, 15) is 14.4 Å². The molecule has 0 aromatic heterocycles. The van der Waals surface area contributed by atoms with Gasteiger partial charge in [0, 0.05) is 11.6 Å². The molecule has 202 valence electrons. The molecule has 2 N–H and O–H groups in total. The lowest BCUT2D eigenvalue weighted by molar-refractivity contribution is -0.144. The second-order valence-corrected chi connectivity index (χ2v) is 12.6. The van der Waals surface area contributed by atoms with Crippen LogP contribution in [0.1, 0.15) is 99.2 Å². The van der Waals surface area contributed by atoms with Crippen molar-refractivity contribution in [3.63, 3.8) is 0 Å². The van der Waals surface area contributed by atoms with Gasteiger partial charge in [-0.15, -0.1) is 0 Å². The predicted molar refractivity (Wildman–Crippen MR) is 143 cm³/mol. The van der Waals surface area contributed by atoms with Crippen molar-refractivity contribution in [3.8, 4) is 0 Å². The second-order valence-electron chi connectivity index (χ2n) is 12.6. The van der Waals surface area contributed by atoms with E-state index in [0.29, 0.717) is 6.42 Å². The number of nitrogens with one attached hydrogen (secondary N) is 2. The quantitative estimate of drug-likeness (QED) is 0.475. The van der Waals surface area contributed by atoms with Gasteiger partial charge in [0.1, 0.15) is 17.7 Å². The summed E-state index contributed by atoms with van der Waals surface area (Å²) in [5, 5.41) is 5.90. The van der Waals surface area contributed by atoms with Crippen LogP contribution in [0.4, 0.5) is 4.79 Å². The summed E-state index contributed by atoms with van der Waals surface area (Å²) in [6, 6.07) is 6.23. The van der Waals surface area contributed by atoms with Crippen molar-refractivity contribution in [2.45, 2.75) is 118 Å². The molecule has 0 aliphatic heterocycles. The van der Waals surface area contributed by atoms with Gasteiger partial charge in [-0.3, -0.25) is 9.59 Å². The van der Waals surface area contributed by atoms with Gasteiger partial charge in [-0.25, -0.2) is 4.79 Å². The van der Waals surface area contributed by atoms with Gasteiger partial charge < -0.3 is 20.3 Å². The third-order valence-corrected chi connectivity index (χ3v) is 6.10. The Morgan fingerprint density at radius 2 is 1.61 bits per heavy atom. The lowest BCUT2D eigenvalue weighted by Crippen LogP contribution is -2.55. The number of ether oxygens (including phenoxy) is 1. The van der Waals surface area contributed by atoms with Gasteiger partial charge in [-0.1, -0.05) is 52.0 Å². The van der Waals surface area contributed by atoms with Crippen LogP contribution in [0.15, 0.2) is 24.3 Å². The average Bonchev–Trinajstić information content (AvgIpc) is 3.43.